The number of methoxy groups -OCH3 is 1. The van der Waals surface area contributed by atoms with Gasteiger partial charge in [-0.15, -0.1) is 0 Å². The molecule has 0 saturated heterocycles. The largest absolute Gasteiger partial charge is 0.380 e. The van der Waals surface area contributed by atoms with E-state index >= 15 is 0 Å². The van der Waals surface area contributed by atoms with Gasteiger partial charge in [-0.2, -0.15) is 0 Å². The summed E-state index contributed by atoms with van der Waals surface area (Å²) in [6.45, 7) is 5.37. The first-order valence-corrected chi connectivity index (χ1v) is 6.23. The van der Waals surface area contributed by atoms with Crippen LogP contribution in [0.1, 0.15) is 25.8 Å². The zero-order valence-electron chi connectivity index (χ0n) is 11.3. The van der Waals surface area contributed by atoms with E-state index in [-0.39, 0.29) is 5.91 Å². The summed E-state index contributed by atoms with van der Waals surface area (Å²) < 4.78 is 5.06. The Morgan fingerprint density at radius 3 is 2.83 bits per heavy atom. The maximum atomic E-state index is 11.7. The molecule has 0 saturated carbocycles. The molecule has 0 heterocycles. The van der Waals surface area contributed by atoms with Gasteiger partial charge in [-0.3, -0.25) is 4.79 Å². The lowest BCUT2D eigenvalue weighted by Gasteiger charge is -2.09. The first-order chi connectivity index (χ1) is 8.61. The SMILES string of the molecule is COCc1cccc(NC(=O)CCNC(C)C)c1. The summed E-state index contributed by atoms with van der Waals surface area (Å²) in [4.78, 5) is 11.7. The highest BCUT2D eigenvalue weighted by Gasteiger charge is 2.03. The summed E-state index contributed by atoms with van der Waals surface area (Å²) in [5.74, 6) is 0.0257. The van der Waals surface area contributed by atoms with Gasteiger partial charge in [0.1, 0.15) is 0 Å². The van der Waals surface area contributed by atoms with E-state index < -0.39 is 0 Å². The van der Waals surface area contributed by atoms with Crippen LogP contribution in [0.2, 0.25) is 0 Å². The fourth-order valence-corrected chi connectivity index (χ4v) is 1.60. The number of carbonyl (C=O) groups excluding carboxylic acids is 1. The molecule has 1 rings (SSSR count). The van der Waals surface area contributed by atoms with E-state index in [9.17, 15) is 4.79 Å². The lowest BCUT2D eigenvalue weighted by molar-refractivity contribution is -0.116. The zero-order chi connectivity index (χ0) is 13.4. The van der Waals surface area contributed by atoms with Crippen LogP contribution in [0.3, 0.4) is 0 Å². The first kappa shape index (κ1) is 14.7. The molecule has 0 radical (unpaired) electrons. The molecule has 4 heteroatoms. The lowest BCUT2D eigenvalue weighted by Crippen LogP contribution is -2.27. The van der Waals surface area contributed by atoms with Gasteiger partial charge in [0.05, 0.1) is 6.61 Å². The fraction of sp³-hybridized carbons (Fsp3) is 0.500. The molecule has 4 nitrogen and oxygen atoms in total. The van der Waals surface area contributed by atoms with Crippen LogP contribution in [0.15, 0.2) is 24.3 Å². The van der Waals surface area contributed by atoms with Crippen molar-refractivity contribution in [2.45, 2.75) is 32.9 Å². The van der Waals surface area contributed by atoms with Crippen molar-refractivity contribution in [1.29, 1.82) is 0 Å². The predicted molar refractivity (Wildman–Crippen MR) is 73.5 cm³/mol. The molecule has 0 aromatic heterocycles. The number of hydrogen-bond acceptors (Lipinski definition) is 3. The lowest BCUT2D eigenvalue weighted by atomic mass is 10.2. The molecule has 1 aromatic rings. The van der Waals surface area contributed by atoms with Crippen LogP contribution in [-0.4, -0.2) is 25.6 Å². The Labute approximate surface area is 109 Å². The van der Waals surface area contributed by atoms with Crippen molar-refractivity contribution >= 4 is 11.6 Å². The Hall–Kier alpha value is -1.39. The summed E-state index contributed by atoms with van der Waals surface area (Å²) in [5.41, 5.74) is 1.87. The van der Waals surface area contributed by atoms with Crippen molar-refractivity contribution in [2.24, 2.45) is 0 Å². The predicted octanol–water partition coefficient (Wildman–Crippen LogP) is 2.16. The molecule has 0 atom stereocenters. The second-order valence-corrected chi connectivity index (χ2v) is 4.54. The van der Waals surface area contributed by atoms with E-state index in [1.54, 1.807) is 7.11 Å². The topological polar surface area (TPSA) is 50.4 Å². The molecule has 0 aliphatic carbocycles. The van der Waals surface area contributed by atoms with Crippen molar-refractivity contribution in [3.8, 4) is 0 Å². The normalized spacial score (nSPS) is 10.7. The van der Waals surface area contributed by atoms with E-state index in [0.29, 0.717) is 25.6 Å². The van der Waals surface area contributed by atoms with E-state index in [1.165, 1.54) is 0 Å². The molecule has 0 unspecified atom stereocenters. The minimum atomic E-state index is 0.0257. The number of amides is 1. The Kier molecular flexibility index (Phi) is 6.39. The Bertz CT molecular complexity index is 378. The van der Waals surface area contributed by atoms with Gasteiger partial charge >= 0.3 is 0 Å². The third-order valence-electron chi connectivity index (χ3n) is 2.43. The van der Waals surface area contributed by atoms with Crippen LogP contribution >= 0.6 is 0 Å². The minimum absolute atomic E-state index is 0.0257. The number of anilines is 1. The molecule has 18 heavy (non-hydrogen) atoms. The van der Waals surface area contributed by atoms with Crippen LogP contribution < -0.4 is 10.6 Å². The van der Waals surface area contributed by atoms with E-state index in [1.807, 2.05) is 24.3 Å². The second kappa shape index (κ2) is 7.84. The van der Waals surface area contributed by atoms with Crippen molar-refractivity contribution < 1.29 is 9.53 Å². The monoisotopic (exact) mass is 250 g/mol. The van der Waals surface area contributed by atoms with E-state index in [0.717, 1.165) is 11.3 Å². The van der Waals surface area contributed by atoms with Crippen molar-refractivity contribution in [3.63, 3.8) is 0 Å². The Balaban J connectivity index is 2.41. The van der Waals surface area contributed by atoms with Gasteiger partial charge in [0.2, 0.25) is 5.91 Å². The third kappa shape index (κ3) is 5.80. The zero-order valence-corrected chi connectivity index (χ0v) is 11.3. The quantitative estimate of drug-likeness (QED) is 0.779. The van der Waals surface area contributed by atoms with Crippen molar-refractivity contribution in [2.75, 3.05) is 19.0 Å². The van der Waals surface area contributed by atoms with Crippen LogP contribution in [-0.2, 0) is 16.1 Å². The molecular weight excluding hydrogens is 228 g/mol. The summed E-state index contributed by atoms with van der Waals surface area (Å²) in [6, 6.07) is 8.10. The number of benzene rings is 1. The van der Waals surface area contributed by atoms with Crippen LogP contribution in [0.25, 0.3) is 0 Å². The van der Waals surface area contributed by atoms with Gasteiger partial charge in [-0.05, 0) is 17.7 Å². The molecule has 0 bridgehead atoms. The number of hydrogen-bond donors (Lipinski definition) is 2. The average Bonchev–Trinajstić information content (AvgIpc) is 2.29. The average molecular weight is 250 g/mol. The first-order valence-electron chi connectivity index (χ1n) is 6.23. The smallest absolute Gasteiger partial charge is 0.225 e. The fourth-order valence-electron chi connectivity index (χ4n) is 1.60. The van der Waals surface area contributed by atoms with Gasteiger partial charge in [0.25, 0.3) is 0 Å². The number of ether oxygens (including phenoxy) is 1. The summed E-state index contributed by atoms with van der Waals surface area (Å²) in [7, 11) is 1.66. The standard InChI is InChI=1S/C14H22N2O2/c1-11(2)15-8-7-14(17)16-13-6-4-5-12(9-13)10-18-3/h4-6,9,11,15H,7-8,10H2,1-3H3,(H,16,17). The maximum Gasteiger partial charge on any atom is 0.225 e. The molecule has 0 aliphatic heterocycles. The highest BCUT2D eigenvalue weighted by atomic mass is 16.5. The highest BCUT2D eigenvalue weighted by Crippen LogP contribution is 2.11. The van der Waals surface area contributed by atoms with E-state index in [4.69, 9.17) is 4.74 Å². The molecule has 1 aromatic carbocycles. The maximum absolute atomic E-state index is 11.7. The third-order valence-corrected chi connectivity index (χ3v) is 2.43. The molecule has 1 amide bonds. The van der Waals surface area contributed by atoms with Gasteiger partial charge in [-0.25, -0.2) is 0 Å². The summed E-state index contributed by atoms with van der Waals surface area (Å²) >= 11 is 0. The van der Waals surface area contributed by atoms with Crippen molar-refractivity contribution in [3.05, 3.63) is 29.8 Å². The van der Waals surface area contributed by atoms with Gasteiger partial charge in [0, 0.05) is 31.8 Å². The highest BCUT2D eigenvalue weighted by molar-refractivity contribution is 5.90. The summed E-state index contributed by atoms with van der Waals surface area (Å²) in [6.07, 6.45) is 0.479. The van der Waals surface area contributed by atoms with Crippen molar-refractivity contribution in [1.82, 2.24) is 5.32 Å². The van der Waals surface area contributed by atoms with Crippen LogP contribution in [0, 0.1) is 0 Å². The Morgan fingerprint density at radius 2 is 2.17 bits per heavy atom. The second-order valence-electron chi connectivity index (χ2n) is 4.54. The van der Waals surface area contributed by atoms with Gasteiger partial charge in [-0.1, -0.05) is 26.0 Å². The molecular formula is C14H22N2O2. The Morgan fingerprint density at radius 1 is 1.39 bits per heavy atom. The van der Waals surface area contributed by atoms with E-state index in [2.05, 4.69) is 24.5 Å². The van der Waals surface area contributed by atoms with Gasteiger partial charge < -0.3 is 15.4 Å². The molecule has 0 fully saturated rings. The van der Waals surface area contributed by atoms with Gasteiger partial charge in [0.15, 0.2) is 0 Å². The summed E-state index contributed by atoms with van der Waals surface area (Å²) in [5, 5.41) is 6.09. The molecule has 0 aliphatic rings. The number of rotatable bonds is 7. The molecule has 100 valence electrons. The molecule has 0 spiro atoms. The molecule has 2 N–H and O–H groups in total. The minimum Gasteiger partial charge on any atom is -0.380 e. The van der Waals surface area contributed by atoms with Crippen LogP contribution in [0.4, 0.5) is 5.69 Å². The number of carbonyl (C=O) groups is 1. The number of nitrogens with one attached hydrogen (secondary N) is 2. The van der Waals surface area contributed by atoms with Crippen LogP contribution in [0.5, 0.6) is 0 Å².